The minimum atomic E-state index is -0.612. The molecule has 9 heteroatoms. The fraction of sp³-hybridized carbons (Fsp3) is 0.500. The van der Waals surface area contributed by atoms with Crippen LogP contribution in [0.3, 0.4) is 0 Å². The van der Waals surface area contributed by atoms with E-state index in [-0.39, 0.29) is 34.2 Å². The van der Waals surface area contributed by atoms with Crippen molar-refractivity contribution < 1.29 is 14.5 Å². The predicted octanol–water partition coefficient (Wildman–Crippen LogP) is 2.17. The first-order valence-electron chi connectivity index (χ1n) is 6.93. The van der Waals surface area contributed by atoms with Gasteiger partial charge in [-0.15, -0.1) is 12.4 Å². The highest BCUT2D eigenvalue weighted by Gasteiger charge is 2.34. The molecular weight excluding hydrogens is 345 g/mol. The van der Waals surface area contributed by atoms with Gasteiger partial charge in [-0.2, -0.15) is 0 Å². The van der Waals surface area contributed by atoms with Crippen molar-refractivity contribution in [1.29, 1.82) is 0 Å². The third kappa shape index (κ3) is 4.78. The molecule has 2 N–H and O–H groups in total. The summed E-state index contributed by atoms with van der Waals surface area (Å²) in [7, 11) is 1.60. The van der Waals surface area contributed by atoms with Crippen LogP contribution in [0.15, 0.2) is 18.2 Å². The van der Waals surface area contributed by atoms with Gasteiger partial charge in [0, 0.05) is 24.7 Å². The lowest BCUT2D eigenvalue weighted by molar-refractivity contribution is -0.385. The summed E-state index contributed by atoms with van der Waals surface area (Å²) in [5, 5.41) is 17.3. The van der Waals surface area contributed by atoms with E-state index < -0.39 is 10.8 Å². The topological polar surface area (TPSA) is 93.5 Å². The zero-order valence-corrected chi connectivity index (χ0v) is 14.2. The number of hydrogen-bond acceptors (Lipinski definition) is 5. The second-order valence-electron chi connectivity index (χ2n) is 5.34. The van der Waals surface area contributed by atoms with Crippen molar-refractivity contribution in [2.75, 3.05) is 26.8 Å². The van der Waals surface area contributed by atoms with Gasteiger partial charge in [-0.05, 0) is 31.5 Å². The predicted molar refractivity (Wildman–Crippen MR) is 89.5 cm³/mol. The van der Waals surface area contributed by atoms with Gasteiger partial charge in [0.25, 0.3) is 11.6 Å². The van der Waals surface area contributed by atoms with Gasteiger partial charge in [0.15, 0.2) is 0 Å². The molecule has 1 atom stereocenters. The number of rotatable bonds is 6. The molecule has 0 saturated carbocycles. The maximum absolute atomic E-state index is 12.3. The van der Waals surface area contributed by atoms with Crippen LogP contribution in [-0.4, -0.2) is 43.2 Å². The first-order valence-corrected chi connectivity index (χ1v) is 7.31. The van der Waals surface area contributed by atoms with E-state index in [1.165, 1.54) is 18.2 Å². The second-order valence-corrected chi connectivity index (χ2v) is 5.78. The molecule has 1 aromatic carbocycles. The third-order valence-electron chi connectivity index (χ3n) is 3.74. The molecule has 1 unspecified atom stereocenters. The van der Waals surface area contributed by atoms with Crippen LogP contribution in [0.1, 0.15) is 23.2 Å². The number of nitro groups is 1. The van der Waals surface area contributed by atoms with Gasteiger partial charge in [-0.1, -0.05) is 11.6 Å². The molecule has 1 aliphatic heterocycles. The fourth-order valence-corrected chi connectivity index (χ4v) is 2.83. The van der Waals surface area contributed by atoms with Crippen LogP contribution in [0.5, 0.6) is 0 Å². The number of hydrogen-bond donors (Lipinski definition) is 2. The number of carbonyl (C=O) groups excluding carboxylic acids is 1. The Hall–Kier alpha value is -1.41. The molecule has 128 valence electrons. The molecule has 1 fully saturated rings. The highest BCUT2D eigenvalue weighted by molar-refractivity contribution is 6.31. The molecule has 7 nitrogen and oxygen atoms in total. The lowest BCUT2D eigenvalue weighted by Crippen LogP contribution is -2.53. The molecule has 1 aliphatic rings. The Bertz CT molecular complexity index is 577. The monoisotopic (exact) mass is 363 g/mol. The Morgan fingerprint density at radius 1 is 1.57 bits per heavy atom. The van der Waals surface area contributed by atoms with E-state index in [1.807, 2.05) is 0 Å². The van der Waals surface area contributed by atoms with Gasteiger partial charge in [0.1, 0.15) is 5.56 Å². The zero-order chi connectivity index (χ0) is 16.2. The van der Waals surface area contributed by atoms with E-state index in [1.54, 1.807) is 7.11 Å². The molecule has 1 heterocycles. The Morgan fingerprint density at radius 3 is 2.87 bits per heavy atom. The number of nitrogens with zero attached hydrogens (tertiary/aromatic N) is 1. The van der Waals surface area contributed by atoms with E-state index in [0.717, 1.165) is 19.4 Å². The Morgan fingerprint density at radius 2 is 2.30 bits per heavy atom. The first-order chi connectivity index (χ1) is 10.5. The van der Waals surface area contributed by atoms with Crippen molar-refractivity contribution in [1.82, 2.24) is 10.6 Å². The molecular formula is C14H19Cl2N3O4. The number of benzene rings is 1. The van der Waals surface area contributed by atoms with Crippen LogP contribution in [0, 0.1) is 10.1 Å². The maximum Gasteiger partial charge on any atom is 0.283 e. The first kappa shape index (κ1) is 19.6. The van der Waals surface area contributed by atoms with Gasteiger partial charge >= 0.3 is 0 Å². The van der Waals surface area contributed by atoms with E-state index in [0.29, 0.717) is 13.2 Å². The van der Waals surface area contributed by atoms with Crippen LogP contribution >= 0.6 is 24.0 Å². The van der Waals surface area contributed by atoms with E-state index in [4.69, 9.17) is 16.3 Å². The van der Waals surface area contributed by atoms with Crippen molar-refractivity contribution in [2.45, 2.75) is 18.4 Å². The van der Waals surface area contributed by atoms with Crippen LogP contribution in [-0.2, 0) is 4.74 Å². The maximum atomic E-state index is 12.3. The standard InChI is InChI=1S/C14H18ClN3O4.ClH/c1-22-9-14(5-2-6-17-14)8-16-13(19)11-4-3-10(15)7-12(11)18(20)21;/h3-4,7,17H,2,5-6,8-9H2,1H3,(H,16,19);1H. The Balaban J connectivity index is 0.00000264. The number of methoxy groups -OCH3 is 1. The average Bonchev–Trinajstić information content (AvgIpc) is 2.94. The molecule has 1 amide bonds. The normalized spacial score (nSPS) is 19.9. The average molecular weight is 364 g/mol. The molecule has 23 heavy (non-hydrogen) atoms. The summed E-state index contributed by atoms with van der Waals surface area (Å²) in [5.41, 5.74) is -0.615. The van der Waals surface area contributed by atoms with Gasteiger partial charge < -0.3 is 15.4 Å². The van der Waals surface area contributed by atoms with Crippen molar-refractivity contribution in [3.05, 3.63) is 38.9 Å². The summed E-state index contributed by atoms with van der Waals surface area (Å²) >= 11 is 5.75. The fourth-order valence-electron chi connectivity index (χ4n) is 2.66. The van der Waals surface area contributed by atoms with Crippen LogP contribution < -0.4 is 10.6 Å². The molecule has 1 aromatic rings. The lowest BCUT2D eigenvalue weighted by atomic mass is 9.98. The van der Waals surface area contributed by atoms with Crippen molar-refractivity contribution in [3.63, 3.8) is 0 Å². The van der Waals surface area contributed by atoms with Crippen LogP contribution in [0.2, 0.25) is 5.02 Å². The summed E-state index contributed by atoms with van der Waals surface area (Å²) in [5.74, 6) is -0.493. The molecule has 1 saturated heterocycles. The highest BCUT2D eigenvalue weighted by atomic mass is 35.5. The molecule has 0 spiro atoms. The minimum absolute atomic E-state index is 0. The third-order valence-corrected chi connectivity index (χ3v) is 3.98. The summed E-state index contributed by atoms with van der Waals surface area (Å²) < 4.78 is 5.21. The molecule has 0 radical (unpaired) electrons. The van der Waals surface area contributed by atoms with Gasteiger partial charge in [-0.3, -0.25) is 14.9 Å². The van der Waals surface area contributed by atoms with E-state index in [2.05, 4.69) is 10.6 Å². The number of amides is 1. The summed E-state index contributed by atoms with van der Waals surface area (Å²) in [6.07, 6.45) is 1.88. The van der Waals surface area contributed by atoms with Crippen LogP contribution in [0.4, 0.5) is 5.69 Å². The van der Waals surface area contributed by atoms with Gasteiger partial charge in [0.05, 0.1) is 17.1 Å². The molecule has 0 aliphatic carbocycles. The molecule has 2 rings (SSSR count). The minimum Gasteiger partial charge on any atom is -0.383 e. The number of halogens is 2. The van der Waals surface area contributed by atoms with Crippen molar-refractivity contribution in [2.24, 2.45) is 0 Å². The summed E-state index contributed by atoms with van der Waals surface area (Å²) in [4.78, 5) is 22.7. The van der Waals surface area contributed by atoms with Crippen molar-refractivity contribution >= 4 is 35.6 Å². The number of carbonyl (C=O) groups is 1. The van der Waals surface area contributed by atoms with E-state index in [9.17, 15) is 14.9 Å². The second kappa shape index (κ2) is 8.44. The highest BCUT2D eigenvalue weighted by Crippen LogP contribution is 2.24. The molecule has 0 bridgehead atoms. The Kier molecular flexibility index (Phi) is 7.21. The number of ether oxygens (including phenoxy) is 1. The Labute approximate surface area is 145 Å². The molecule has 0 aromatic heterocycles. The largest absolute Gasteiger partial charge is 0.383 e. The van der Waals surface area contributed by atoms with Crippen molar-refractivity contribution in [3.8, 4) is 0 Å². The van der Waals surface area contributed by atoms with Crippen LogP contribution in [0.25, 0.3) is 0 Å². The number of nitro benzene ring substituents is 1. The summed E-state index contributed by atoms with van der Waals surface area (Å²) in [6.45, 7) is 1.68. The SMILES string of the molecule is COCC1(CNC(=O)c2ccc(Cl)cc2[N+](=O)[O-])CCCN1.Cl. The quantitative estimate of drug-likeness (QED) is 0.596. The van der Waals surface area contributed by atoms with Gasteiger partial charge in [0.2, 0.25) is 0 Å². The van der Waals surface area contributed by atoms with Gasteiger partial charge in [-0.25, -0.2) is 0 Å². The zero-order valence-electron chi connectivity index (χ0n) is 12.6. The smallest absolute Gasteiger partial charge is 0.283 e. The number of nitrogens with one attached hydrogen (secondary N) is 2. The summed E-state index contributed by atoms with van der Waals surface area (Å²) in [6, 6.07) is 4.00. The van der Waals surface area contributed by atoms with E-state index >= 15 is 0 Å². The lowest BCUT2D eigenvalue weighted by Gasteiger charge is -2.28.